The molecule has 7 nitrogen and oxygen atoms in total. The van der Waals surface area contributed by atoms with Gasteiger partial charge in [0.05, 0.1) is 19.3 Å². The van der Waals surface area contributed by atoms with Gasteiger partial charge in [0.25, 0.3) is 0 Å². The largest absolute Gasteiger partial charge is 0.497 e. The number of nitrogens with one attached hydrogen (secondary N) is 1. The third-order valence-electron chi connectivity index (χ3n) is 4.78. The molecule has 1 heterocycles. The number of benzene rings is 1. The van der Waals surface area contributed by atoms with E-state index in [1.807, 2.05) is 43.0 Å². The number of aliphatic imine (C=N–C) groups is 1. The first-order valence-corrected chi connectivity index (χ1v) is 9.76. The molecule has 7 heteroatoms. The topological polar surface area (TPSA) is 63.9 Å². The molecule has 0 spiro atoms. The van der Waals surface area contributed by atoms with E-state index in [0.717, 1.165) is 49.1 Å². The fourth-order valence-corrected chi connectivity index (χ4v) is 3.22. The Bertz CT molecular complexity index is 768. The first-order valence-electron chi connectivity index (χ1n) is 9.76. The molecule has 1 aromatic carbocycles. The van der Waals surface area contributed by atoms with Gasteiger partial charge in [-0.05, 0) is 37.1 Å². The number of nitrogens with zero attached hydrogens (tertiary/aromatic N) is 4. The molecular weight excluding hydrogens is 354 g/mol. The number of guanidine groups is 1. The second kappa shape index (κ2) is 10.6. The molecule has 0 aliphatic carbocycles. The molecule has 0 saturated carbocycles. The molecule has 0 unspecified atom stereocenters. The lowest BCUT2D eigenvalue weighted by Gasteiger charge is -2.22. The Hall–Kier alpha value is -2.70. The van der Waals surface area contributed by atoms with Crippen LogP contribution in [-0.4, -0.2) is 55.0 Å². The number of hydrogen-bond acceptors (Lipinski definition) is 4. The van der Waals surface area contributed by atoms with E-state index in [0.29, 0.717) is 6.61 Å². The van der Waals surface area contributed by atoms with Crippen molar-refractivity contribution in [1.82, 2.24) is 20.0 Å². The second-order valence-corrected chi connectivity index (χ2v) is 6.55. The van der Waals surface area contributed by atoms with Crippen LogP contribution in [0.1, 0.15) is 30.8 Å². The Balaban J connectivity index is 1.89. The number of ether oxygens (including phenoxy) is 2. The highest BCUT2D eigenvalue weighted by Gasteiger charge is 2.15. The smallest absolute Gasteiger partial charge is 0.193 e. The molecule has 0 bridgehead atoms. The molecule has 0 atom stereocenters. The van der Waals surface area contributed by atoms with Gasteiger partial charge in [0.15, 0.2) is 5.96 Å². The quantitative estimate of drug-likeness (QED) is 0.529. The van der Waals surface area contributed by atoms with Crippen LogP contribution in [0, 0.1) is 0 Å². The van der Waals surface area contributed by atoms with E-state index in [-0.39, 0.29) is 0 Å². The average Bonchev–Trinajstić information content (AvgIpc) is 3.03. The summed E-state index contributed by atoms with van der Waals surface area (Å²) in [5, 5.41) is 8.10. The van der Waals surface area contributed by atoms with E-state index in [1.54, 1.807) is 14.2 Å². The maximum absolute atomic E-state index is 5.82. The Kier molecular flexibility index (Phi) is 8.17. The Morgan fingerprint density at radius 3 is 2.43 bits per heavy atom. The summed E-state index contributed by atoms with van der Waals surface area (Å²) < 4.78 is 13.0. The maximum Gasteiger partial charge on any atom is 0.193 e. The highest BCUT2D eigenvalue weighted by atomic mass is 16.5. The van der Waals surface area contributed by atoms with Crippen molar-refractivity contribution < 1.29 is 9.47 Å². The summed E-state index contributed by atoms with van der Waals surface area (Å²) in [6.45, 7) is 6.31. The van der Waals surface area contributed by atoms with Gasteiger partial charge < -0.3 is 19.7 Å². The minimum absolute atomic E-state index is 0.566. The summed E-state index contributed by atoms with van der Waals surface area (Å²) in [6, 6.07) is 7.61. The third-order valence-corrected chi connectivity index (χ3v) is 4.78. The van der Waals surface area contributed by atoms with Gasteiger partial charge in [0.2, 0.25) is 0 Å². The molecule has 28 heavy (non-hydrogen) atoms. The van der Waals surface area contributed by atoms with E-state index in [2.05, 4.69) is 34.2 Å². The summed E-state index contributed by atoms with van der Waals surface area (Å²) >= 11 is 0. The highest BCUT2D eigenvalue weighted by Crippen LogP contribution is 2.17. The van der Waals surface area contributed by atoms with Gasteiger partial charge in [0.1, 0.15) is 18.1 Å². The molecule has 1 aromatic heterocycles. The van der Waals surface area contributed by atoms with Crippen molar-refractivity contribution in [3.05, 3.63) is 41.2 Å². The minimum Gasteiger partial charge on any atom is -0.497 e. The summed E-state index contributed by atoms with van der Waals surface area (Å²) in [7, 11) is 7.48. The van der Waals surface area contributed by atoms with Crippen molar-refractivity contribution in [1.29, 1.82) is 0 Å². The zero-order valence-electron chi connectivity index (χ0n) is 18.0. The molecule has 0 aliphatic heterocycles. The van der Waals surface area contributed by atoms with Gasteiger partial charge in [-0.25, -0.2) is 0 Å². The van der Waals surface area contributed by atoms with Crippen molar-refractivity contribution in [2.45, 2.75) is 33.2 Å². The lowest BCUT2D eigenvalue weighted by atomic mass is 10.1. The Morgan fingerprint density at radius 2 is 1.86 bits per heavy atom. The normalized spacial score (nSPS) is 11.4. The van der Waals surface area contributed by atoms with E-state index < -0.39 is 0 Å². The summed E-state index contributed by atoms with van der Waals surface area (Å²) in [4.78, 5) is 6.47. The van der Waals surface area contributed by atoms with Crippen molar-refractivity contribution in [3.63, 3.8) is 0 Å². The van der Waals surface area contributed by atoms with Gasteiger partial charge >= 0.3 is 0 Å². The monoisotopic (exact) mass is 387 g/mol. The number of methoxy groups -OCH3 is 1. The SMILES string of the molecule is CCc1nn(C)c(CC)c1CNC(=NC)N(C)CCOc1ccc(OC)cc1. The van der Waals surface area contributed by atoms with Crippen LogP contribution < -0.4 is 14.8 Å². The van der Waals surface area contributed by atoms with Crippen molar-refractivity contribution in [2.24, 2.45) is 12.0 Å². The summed E-state index contributed by atoms with van der Waals surface area (Å²) in [5.74, 6) is 2.49. The predicted molar refractivity (Wildman–Crippen MR) is 113 cm³/mol. The average molecular weight is 388 g/mol. The lowest BCUT2D eigenvalue weighted by Crippen LogP contribution is -2.40. The lowest BCUT2D eigenvalue weighted by molar-refractivity contribution is 0.281. The van der Waals surface area contributed by atoms with Gasteiger partial charge in [-0.15, -0.1) is 0 Å². The van der Waals surface area contributed by atoms with Crippen LogP contribution in [-0.2, 0) is 26.4 Å². The first kappa shape index (κ1) is 21.6. The molecule has 2 aromatic rings. The minimum atomic E-state index is 0.566. The van der Waals surface area contributed by atoms with Crippen LogP contribution in [0.3, 0.4) is 0 Å². The van der Waals surface area contributed by atoms with Crippen LogP contribution in [0.25, 0.3) is 0 Å². The van der Waals surface area contributed by atoms with Gasteiger partial charge in [-0.3, -0.25) is 9.67 Å². The van der Waals surface area contributed by atoms with Gasteiger partial charge in [-0.2, -0.15) is 5.10 Å². The van der Waals surface area contributed by atoms with E-state index in [4.69, 9.17) is 9.47 Å². The number of likely N-dealkylation sites (N-methyl/N-ethyl adjacent to an activating group) is 1. The number of aromatic nitrogens is 2. The Morgan fingerprint density at radius 1 is 1.18 bits per heavy atom. The van der Waals surface area contributed by atoms with Crippen LogP contribution in [0.4, 0.5) is 0 Å². The van der Waals surface area contributed by atoms with E-state index in [9.17, 15) is 0 Å². The van der Waals surface area contributed by atoms with E-state index >= 15 is 0 Å². The third kappa shape index (κ3) is 5.41. The molecule has 2 rings (SSSR count). The fourth-order valence-electron chi connectivity index (χ4n) is 3.22. The molecule has 1 N–H and O–H groups in total. The van der Waals surface area contributed by atoms with Crippen molar-refractivity contribution in [3.8, 4) is 11.5 Å². The molecule has 0 aliphatic rings. The maximum atomic E-state index is 5.82. The van der Waals surface area contributed by atoms with Gasteiger partial charge in [-0.1, -0.05) is 13.8 Å². The zero-order valence-corrected chi connectivity index (χ0v) is 18.0. The van der Waals surface area contributed by atoms with Crippen LogP contribution >= 0.6 is 0 Å². The molecule has 0 radical (unpaired) electrons. The second-order valence-electron chi connectivity index (χ2n) is 6.55. The van der Waals surface area contributed by atoms with Gasteiger partial charge in [0, 0.05) is 38.9 Å². The van der Waals surface area contributed by atoms with Crippen molar-refractivity contribution >= 4 is 5.96 Å². The van der Waals surface area contributed by atoms with Crippen LogP contribution in [0.15, 0.2) is 29.3 Å². The number of rotatable bonds is 9. The molecule has 154 valence electrons. The van der Waals surface area contributed by atoms with Crippen LogP contribution in [0.2, 0.25) is 0 Å². The summed E-state index contributed by atoms with van der Waals surface area (Å²) in [5.41, 5.74) is 3.69. The van der Waals surface area contributed by atoms with Crippen LogP contribution in [0.5, 0.6) is 11.5 Å². The predicted octanol–water partition coefficient (Wildman–Crippen LogP) is 2.64. The molecule has 0 amide bonds. The van der Waals surface area contributed by atoms with Crippen molar-refractivity contribution in [2.75, 3.05) is 34.4 Å². The molecule has 0 saturated heterocycles. The standard InChI is InChI=1S/C21H33N5O2/c1-7-19-18(20(8-2)26(5)24-19)15-23-21(22-3)25(4)13-14-28-17-11-9-16(27-6)10-12-17/h9-12H,7-8,13-15H2,1-6H3,(H,22,23). The number of hydrogen-bond donors (Lipinski definition) is 1. The highest BCUT2D eigenvalue weighted by molar-refractivity contribution is 5.79. The number of aryl methyl sites for hydroxylation is 2. The summed E-state index contributed by atoms with van der Waals surface area (Å²) in [6.07, 6.45) is 1.89. The Labute approximate surface area is 168 Å². The van der Waals surface area contributed by atoms with E-state index in [1.165, 1.54) is 11.3 Å². The zero-order chi connectivity index (χ0) is 20.5. The fraction of sp³-hybridized carbons (Fsp3) is 0.524. The molecule has 0 fully saturated rings. The molecular formula is C21H33N5O2. The first-order chi connectivity index (χ1) is 13.5.